The predicted octanol–water partition coefficient (Wildman–Crippen LogP) is -0.661. The van der Waals surface area contributed by atoms with Crippen LogP contribution >= 0.6 is 0 Å². The van der Waals surface area contributed by atoms with Crippen LogP contribution in [0.5, 0.6) is 0 Å². The summed E-state index contributed by atoms with van der Waals surface area (Å²) in [5.74, 6) is 0.675. The fourth-order valence-corrected chi connectivity index (χ4v) is 0.734. The Hall–Kier alpha value is -1.00. The van der Waals surface area contributed by atoms with Gasteiger partial charge in [0.15, 0.2) is 0 Å². The van der Waals surface area contributed by atoms with Crippen molar-refractivity contribution in [1.82, 2.24) is 9.97 Å². The molecule has 4 heteroatoms. The highest BCUT2D eigenvalue weighted by molar-refractivity contribution is 4.90. The fraction of sp³-hybridized carbons (Fsp3) is 0.429. The van der Waals surface area contributed by atoms with Gasteiger partial charge in [-0.3, -0.25) is 0 Å². The second kappa shape index (κ2) is 4.00. The van der Waals surface area contributed by atoms with Crippen molar-refractivity contribution in [3.05, 3.63) is 24.3 Å². The molecule has 0 bridgehead atoms. The zero-order valence-electron chi connectivity index (χ0n) is 6.14. The van der Waals surface area contributed by atoms with Gasteiger partial charge in [0.05, 0.1) is 6.61 Å². The van der Waals surface area contributed by atoms with Crippen molar-refractivity contribution >= 4 is 0 Å². The molecule has 0 amide bonds. The minimum atomic E-state index is -0.252. The molecule has 0 spiro atoms. The van der Waals surface area contributed by atoms with Crippen LogP contribution in [-0.4, -0.2) is 27.7 Å². The van der Waals surface area contributed by atoms with E-state index in [4.69, 9.17) is 10.8 Å². The van der Waals surface area contributed by atoms with Crippen molar-refractivity contribution in [2.75, 3.05) is 6.61 Å². The first kappa shape index (κ1) is 8.10. The van der Waals surface area contributed by atoms with Crippen LogP contribution in [0.25, 0.3) is 0 Å². The third kappa shape index (κ3) is 2.61. The maximum Gasteiger partial charge on any atom is 0.129 e. The summed E-state index contributed by atoms with van der Waals surface area (Å²) in [5, 5.41) is 8.62. The molecule has 0 saturated heterocycles. The maximum absolute atomic E-state index is 8.62. The van der Waals surface area contributed by atoms with Gasteiger partial charge in [-0.2, -0.15) is 0 Å². The third-order valence-corrected chi connectivity index (χ3v) is 1.30. The van der Waals surface area contributed by atoms with E-state index in [-0.39, 0.29) is 12.6 Å². The molecule has 3 N–H and O–H groups in total. The molecule has 0 aromatic carbocycles. The normalized spacial score (nSPS) is 12.9. The molecule has 1 unspecified atom stereocenters. The summed E-state index contributed by atoms with van der Waals surface area (Å²) in [6.07, 6.45) is 3.84. The summed E-state index contributed by atoms with van der Waals surface area (Å²) in [6, 6.07) is 1.49. The Kier molecular flexibility index (Phi) is 2.95. The molecular formula is C7H11N3O. The molecule has 60 valence electrons. The second-order valence-electron chi connectivity index (χ2n) is 2.31. The number of nitrogens with zero attached hydrogens (tertiary/aromatic N) is 2. The van der Waals surface area contributed by atoms with E-state index >= 15 is 0 Å². The Morgan fingerprint density at radius 1 is 1.45 bits per heavy atom. The number of aliphatic hydroxyl groups excluding tert-OH is 1. The zero-order chi connectivity index (χ0) is 8.10. The van der Waals surface area contributed by atoms with Crippen molar-refractivity contribution in [3.8, 4) is 0 Å². The van der Waals surface area contributed by atoms with E-state index in [2.05, 4.69) is 9.97 Å². The third-order valence-electron chi connectivity index (χ3n) is 1.30. The second-order valence-corrected chi connectivity index (χ2v) is 2.31. The van der Waals surface area contributed by atoms with Crippen molar-refractivity contribution in [2.45, 2.75) is 12.5 Å². The summed E-state index contributed by atoms with van der Waals surface area (Å²) in [5.41, 5.74) is 5.47. The van der Waals surface area contributed by atoms with E-state index in [1.54, 1.807) is 18.5 Å². The summed E-state index contributed by atoms with van der Waals surface area (Å²) >= 11 is 0. The Labute approximate surface area is 65.1 Å². The molecule has 0 radical (unpaired) electrons. The quantitative estimate of drug-likeness (QED) is 0.604. The lowest BCUT2D eigenvalue weighted by molar-refractivity contribution is 0.264. The van der Waals surface area contributed by atoms with E-state index in [0.29, 0.717) is 12.2 Å². The van der Waals surface area contributed by atoms with Gasteiger partial charge in [-0.05, 0) is 6.07 Å². The summed E-state index contributed by atoms with van der Waals surface area (Å²) in [6.45, 7) is -0.0295. The van der Waals surface area contributed by atoms with E-state index in [1.165, 1.54) is 0 Å². The molecule has 4 nitrogen and oxygen atoms in total. The number of hydrogen-bond acceptors (Lipinski definition) is 4. The van der Waals surface area contributed by atoms with Crippen LogP contribution in [0, 0.1) is 0 Å². The van der Waals surface area contributed by atoms with Gasteiger partial charge in [0.1, 0.15) is 5.82 Å². The van der Waals surface area contributed by atoms with E-state index in [0.717, 1.165) is 0 Å². The molecule has 0 saturated carbocycles. The Morgan fingerprint density at radius 2 is 2.09 bits per heavy atom. The van der Waals surface area contributed by atoms with Gasteiger partial charge in [-0.1, -0.05) is 0 Å². The Balaban J connectivity index is 2.51. The minimum absolute atomic E-state index is 0.0295. The van der Waals surface area contributed by atoms with Crippen LogP contribution in [-0.2, 0) is 6.42 Å². The van der Waals surface area contributed by atoms with E-state index in [9.17, 15) is 0 Å². The van der Waals surface area contributed by atoms with Gasteiger partial charge in [0, 0.05) is 24.9 Å². The largest absolute Gasteiger partial charge is 0.395 e. The average molecular weight is 153 g/mol. The van der Waals surface area contributed by atoms with Crippen molar-refractivity contribution in [2.24, 2.45) is 5.73 Å². The highest BCUT2D eigenvalue weighted by Crippen LogP contribution is 1.91. The van der Waals surface area contributed by atoms with E-state index < -0.39 is 0 Å². The number of nitrogens with two attached hydrogens (primary N) is 1. The monoisotopic (exact) mass is 153 g/mol. The van der Waals surface area contributed by atoms with E-state index in [1.807, 2.05) is 0 Å². The first-order valence-electron chi connectivity index (χ1n) is 3.45. The molecule has 1 atom stereocenters. The predicted molar refractivity (Wildman–Crippen MR) is 40.8 cm³/mol. The van der Waals surface area contributed by atoms with Crippen LogP contribution in [0.2, 0.25) is 0 Å². The standard InChI is InChI=1S/C7H11N3O/c8-6(5-11)4-7-9-2-1-3-10-7/h1-3,6,11H,4-5,8H2. The van der Waals surface area contributed by atoms with Gasteiger partial charge in [0.2, 0.25) is 0 Å². The number of hydrogen-bond donors (Lipinski definition) is 2. The molecule has 1 rings (SSSR count). The smallest absolute Gasteiger partial charge is 0.129 e. The number of rotatable bonds is 3. The topological polar surface area (TPSA) is 72.0 Å². The van der Waals surface area contributed by atoms with Crippen LogP contribution < -0.4 is 5.73 Å². The molecular weight excluding hydrogens is 142 g/mol. The Bertz CT molecular complexity index is 202. The molecule has 0 aliphatic carbocycles. The van der Waals surface area contributed by atoms with Crippen LogP contribution in [0.3, 0.4) is 0 Å². The summed E-state index contributed by atoms with van der Waals surface area (Å²) in [4.78, 5) is 7.93. The summed E-state index contributed by atoms with van der Waals surface area (Å²) in [7, 11) is 0. The highest BCUT2D eigenvalue weighted by Gasteiger charge is 2.02. The molecule has 1 heterocycles. The lowest BCUT2D eigenvalue weighted by Crippen LogP contribution is -2.27. The van der Waals surface area contributed by atoms with Gasteiger partial charge in [-0.25, -0.2) is 9.97 Å². The van der Waals surface area contributed by atoms with Crippen LogP contribution in [0.15, 0.2) is 18.5 Å². The van der Waals surface area contributed by atoms with Gasteiger partial charge < -0.3 is 10.8 Å². The number of aliphatic hydroxyl groups is 1. The summed E-state index contributed by atoms with van der Waals surface area (Å²) < 4.78 is 0. The zero-order valence-corrected chi connectivity index (χ0v) is 6.14. The SMILES string of the molecule is NC(CO)Cc1ncccn1. The van der Waals surface area contributed by atoms with Crippen molar-refractivity contribution in [3.63, 3.8) is 0 Å². The molecule has 0 aliphatic heterocycles. The molecule has 1 aromatic rings. The first-order chi connectivity index (χ1) is 5.33. The number of aromatic nitrogens is 2. The minimum Gasteiger partial charge on any atom is -0.395 e. The lowest BCUT2D eigenvalue weighted by Gasteiger charge is -2.04. The molecule has 0 aliphatic rings. The average Bonchev–Trinajstić information content (AvgIpc) is 2.06. The molecule has 0 fully saturated rings. The maximum atomic E-state index is 8.62. The highest BCUT2D eigenvalue weighted by atomic mass is 16.3. The van der Waals surface area contributed by atoms with Gasteiger partial charge in [-0.15, -0.1) is 0 Å². The Morgan fingerprint density at radius 3 is 2.64 bits per heavy atom. The first-order valence-corrected chi connectivity index (χ1v) is 3.45. The molecule has 11 heavy (non-hydrogen) atoms. The van der Waals surface area contributed by atoms with Gasteiger partial charge in [0.25, 0.3) is 0 Å². The van der Waals surface area contributed by atoms with Crippen LogP contribution in [0.4, 0.5) is 0 Å². The van der Waals surface area contributed by atoms with Crippen molar-refractivity contribution < 1.29 is 5.11 Å². The molecule has 1 aromatic heterocycles. The van der Waals surface area contributed by atoms with Crippen molar-refractivity contribution in [1.29, 1.82) is 0 Å². The van der Waals surface area contributed by atoms with Crippen LogP contribution in [0.1, 0.15) is 5.82 Å². The van der Waals surface area contributed by atoms with Gasteiger partial charge >= 0.3 is 0 Å². The fourth-order valence-electron chi connectivity index (χ4n) is 0.734. The lowest BCUT2D eigenvalue weighted by atomic mass is 10.2.